The van der Waals surface area contributed by atoms with Crippen molar-refractivity contribution in [3.8, 4) is 0 Å². The molecule has 0 amide bonds. The summed E-state index contributed by atoms with van der Waals surface area (Å²) in [5.74, 6) is 0. The maximum atomic E-state index is 11.5. The molecule has 0 aliphatic carbocycles. The van der Waals surface area contributed by atoms with Crippen LogP contribution in [0.25, 0.3) is 0 Å². The zero-order chi connectivity index (χ0) is 5.91. The van der Waals surface area contributed by atoms with Crippen molar-refractivity contribution in [3.63, 3.8) is 0 Å². The van der Waals surface area contributed by atoms with Crippen LogP contribution in [0.2, 0.25) is 0 Å². The van der Waals surface area contributed by atoms with Crippen molar-refractivity contribution < 1.29 is 8.87 Å². The third kappa shape index (κ3) is 5.89. The highest BCUT2D eigenvalue weighted by molar-refractivity contribution is 4.19. The van der Waals surface area contributed by atoms with Crippen LogP contribution in [-0.4, -0.2) is 38.8 Å². The quantitative estimate of drug-likeness (QED) is 0.454. The van der Waals surface area contributed by atoms with E-state index in [0.29, 0.717) is 6.54 Å². The molecule has 0 heterocycles. The Morgan fingerprint density at radius 1 is 1.29 bits per heavy atom. The van der Waals surface area contributed by atoms with Gasteiger partial charge in [0.25, 0.3) is 0 Å². The first-order valence-electron chi connectivity index (χ1n) is 2.43. The molecule has 44 valence electrons. The Bertz CT molecular complexity index is 46.5. The smallest absolute Gasteiger partial charge is 0.138 e. The fourth-order valence-electron chi connectivity index (χ4n) is 0.254. The van der Waals surface area contributed by atoms with Gasteiger partial charge >= 0.3 is 0 Å². The van der Waals surface area contributed by atoms with E-state index < -0.39 is 0 Å². The van der Waals surface area contributed by atoms with Crippen LogP contribution in [0.5, 0.6) is 0 Å². The van der Waals surface area contributed by atoms with Crippen LogP contribution in [0, 0.1) is 0 Å². The summed E-state index contributed by atoms with van der Waals surface area (Å²) in [7, 11) is 5.92. The molecule has 0 fully saturated rings. The third-order valence-corrected chi connectivity index (χ3v) is 0.755. The molecule has 0 saturated carbocycles. The number of alkyl halides is 1. The van der Waals surface area contributed by atoms with Crippen molar-refractivity contribution >= 4 is 0 Å². The molecular weight excluding hydrogens is 93.1 g/mol. The highest BCUT2D eigenvalue weighted by atomic mass is 19.1. The van der Waals surface area contributed by atoms with Crippen molar-refractivity contribution in [2.45, 2.75) is 0 Å². The van der Waals surface area contributed by atoms with Gasteiger partial charge < -0.3 is 4.48 Å². The van der Waals surface area contributed by atoms with Crippen molar-refractivity contribution in [2.24, 2.45) is 0 Å². The summed E-state index contributed by atoms with van der Waals surface area (Å²) in [6.45, 7) is 0.392. The van der Waals surface area contributed by atoms with Crippen LogP contribution >= 0.6 is 0 Å². The van der Waals surface area contributed by atoms with Gasteiger partial charge in [0.05, 0.1) is 21.1 Å². The SMILES string of the molecule is C[N+](C)(C)CCF. The largest absolute Gasteiger partial charge is 0.329 e. The van der Waals surface area contributed by atoms with E-state index in [1.165, 1.54) is 0 Å². The lowest BCUT2D eigenvalue weighted by molar-refractivity contribution is -0.870. The second kappa shape index (κ2) is 2.26. The summed E-state index contributed by atoms with van der Waals surface area (Å²) in [4.78, 5) is 0. The lowest BCUT2D eigenvalue weighted by atomic mass is 10.6. The van der Waals surface area contributed by atoms with Gasteiger partial charge in [-0.05, 0) is 0 Å². The van der Waals surface area contributed by atoms with Gasteiger partial charge in [0.2, 0.25) is 0 Å². The topological polar surface area (TPSA) is 0 Å². The number of rotatable bonds is 2. The highest BCUT2D eigenvalue weighted by Gasteiger charge is 2.03. The zero-order valence-corrected chi connectivity index (χ0v) is 5.24. The van der Waals surface area contributed by atoms with Gasteiger partial charge in [-0.2, -0.15) is 0 Å². The lowest BCUT2D eigenvalue weighted by Crippen LogP contribution is -2.36. The van der Waals surface area contributed by atoms with Crippen molar-refractivity contribution in [2.75, 3.05) is 34.4 Å². The van der Waals surface area contributed by atoms with Crippen LogP contribution < -0.4 is 0 Å². The first-order valence-corrected chi connectivity index (χ1v) is 2.43. The predicted octanol–water partition coefficient (Wildman–Crippen LogP) is 0.662. The van der Waals surface area contributed by atoms with E-state index in [0.717, 1.165) is 4.48 Å². The summed E-state index contributed by atoms with van der Waals surface area (Å²) in [6.07, 6.45) is 0. The predicted molar refractivity (Wildman–Crippen MR) is 28.9 cm³/mol. The van der Waals surface area contributed by atoms with Gasteiger partial charge in [0.1, 0.15) is 13.2 Å². The van der Waals surface area contributed by atoms with Crippen LogP contribution in [0.15, 0.2) is 0 Å². The fourth-order valence-corrected chi connectivity index (χ4v) is 0.254. The number of halogens is 1. The monoisotopic (exact) mass is 106 g/mol. The molecule has 0 saturated heterocycles. The van der Waals surface area contributed by atoms with Gasteiger partial charge in [-0.15, -0.1) is 0 Å². The standard InChI is InChI=1S/C5H13FN/c1-7(2,3)5-4-6/h4-5H2,1-3H3/q+1. The Morgan fingerprint density at radius 3 is 1.71 bits per heavy atom. The van der Waals surface area contributed by atoms with Gasteiger partial charge in [-0.25, -0.2) is 4.39 Å². The second-order valence-electron chi connectivity index (χ2n) is 2.70. The second-order valence-corrected chi connectivity index (χ2v) is 2.70. The van der Waals surface area contributed by atoms with E-state index in [1.807, 2.05) is 21.1 Å². The fraction of sp³-hybridized carbons (Fsp3) is 1.00. The normalized spacial score (nSPS) is 12.0. The van der Waals surface area contributed by atoms with Crippen LogP contribution in [0.4, 0.5) is 4.39 Å². The molecule has 0 bridgehead atoms. The molecule has 0 spiro atoms. The minimum atomic E-state index is -0.219. The van der Waals surface area contributed by atoms with Crippen LogP contribution in [-0.2, 0) is 0 Å². The molecule has 2 heteroatoms. The number of hydrogen-bond acceptors (Lipinski definition) is 0. The minimum Gasteiger partial charge on any atom is -0.329 e. The van der Waals surface area contributed by atoms with E-state index >= 15 is 0 Å². The molecule has 0 N–H and O–H groups in total. The molecule has 0 rings (SSSR count). The van der Waals surface area contributed by atoms with E-state index in [1.54, 1.807) is 0 Å². The van der Waals surface area contributed by atoms with Crippen molar-refractivity contribution in [1.29, 1.82) is 0 Å². The average Bonchev–Trinajstić information content (AvgIpc) is 1.30. The number of nitrogens with zero attached hydrogens (tertiary/aromatic N) is 1. The third-order valence-electron chi connectivity index (χ3n) is 0.755. The first-order chi connectivity index (χ1) is 3.06. The Balaban J connectivity index is 3.15. The van der Waals surface area contributed by atoms with E-state index in [-0.39, 0.29) is 6.67 Å². The molecule has 0 radical (unpaired) electrons. The molecule has 0 aromatic carbocycles. The molecule has 0 aromatic rings. The summed E-state index contributed by atoms with van der Waals surface area (Å²) in [5.41, 5.74) is 0. The average molecular weight is 106 g/mol. The molecule has 1 nitrogen and oxygen atoms in total. The van der Waals surface area contributed by atoms with Crippen LogP contribution in [0.1, 0.15) is 0 Å². The summed E-state index contributed by atoms with van der Waals surface area (Å²) in [5, 5.41) is 0. The van der Waals surface area contributed by atoms with E-state index in [2.05, 4.69) is 0 Å². The van der Waals surface area contributed by atoms with E-state index in [4.69, 9.17) is 0 Å². The molecule has 7 heavy (non-hydrogen) atoms. The lowest BCUT2D eigenvalue weighted by Gasteiger charge is -2.21. The first kappa shape index (κ1) is 6.89. The maximum absolute atomic E-state index is 11.5. The Hall–Kier alpha value is -0.110. The maximum Gasteiger partial charge on any atom is 0.138 e. The van der Waals surface area contributed by atoms with Crippen LogP contribution in [0.3, 0.4) is 0 Å². The van der Waals surface area contributed by atoms with Gasteiger partial charge in [0.15, 0.2) is 0 Å². The summed E-state index contributed by atoms with van der Waals surface area (Å²) in [6, 6.07) is 0. The Kier molecular flexibility index (Phi) is 2.23. The van der Waals surface area contributed by atoms with Crippen molar-refractivity contribution in [3.05, 3.63) is 0 Å². The summed E-state index contributed by atoms with van der Waals surface area (Å²) >= 11 is 0. The Labute approximate surface area is 44.3 Å². The minimum absolute atomic E-state index is 0.219. The molecule has 0 atom stereocenters. The van der Waals surface area contributed by atoms with Crippen molar-refractivity contribution in [1.82, 2.24) is 0 Å². The van der Waals surface area contributed by atoms with Gasteiger partial charge in [-0.3, -0.25) is 0 Å². The number of quaternary nitrogens is 1. The molecule has 0 aliphatic rings. The van der Waals surface area contributed by atoms with Gasteiger partial charge in [0, 0.05) is 0 Å². The highest BCUT2D eigenvalue weighted by Crippen LogP contribution is 1.86. The zero-order valence-electron chi connectivity index (χ0n) is 5.24. The molecular formula is C5H13FN+. The Morgan fingerprint density at radius 2 is 1.71 bits per heavy atom. The molecule has 0 unspecified atom stereocenters. The molecule has 0 aliphatic heterocycles. The van der Waals surface area contributed by atoms with E-state index in [9.17, 15) is 4.39 Å². The summed E-state index contributed by atoms with van der Waals surface area (Å²) < 4.78 is 12.2. The van der Waals surface area contributed by atoms with Gasteiger partial charge in [-0.1, -0.05) is 0 Å². The molecule has 0 aromatic heterocycles. The number of hydrogen-bond donors (Lipinski definition) is 0.